The summed E-state index contributed by atoms with van der Waals surface area (Å²) >= 11 is 0. The summed E-state index contributed by atoms with van der Waals surface area (Å²) in [6, 6.07) is 11.4. The fourth-order valence-electron chi connectivity index (χ4n) is 2.61. The number of rotatable bonds is 7. The SMILES string of the molecule is CCN(CC)c1ccc(Nc2cnnc(Nc3ccc(F)c(F)c3)n2)cc1. The van der Waals surface area contributed by atoms with Crippen LogP contribution in [0.4, 0.5) is 37.6 Å². The van der Waals surface area contributed by atoms with Gasteiger partial charge in [0.05, 0.1) is 6.20 Å². The molecule has 0 amide bonds. The fourth-order valence-corrected chi connectivity index (χ4v) is 2.61. The quantitative estimate of drug-likeness (QED) is 0.639. The maximum atomic E-state index is 13.3. The molecule has 2 N–H and O–H groups in total. The first kappa shape index (κ1) is 18.5. The van der Waals surface area contributed by atoms with Crippen molar-refractivity contribution in [1.82, 2.24) is 15.2 Å². The van der Waals surface area contributed by atoms with Crippen LogP contribution in [0.25, 0.3) is 0 Å². The summed E-state index contributed by atoms with van der Waals surface area (Å²) < 4.78 is 26.3. The second kappa shape index (κ2) is 8.39. The van der Waals surface area contributed by atoms with E-state index in [1.54, 1.807) is 0 Å². The Labute approximate surface area is 156 Å². The predicted octanol–water partition coefficient (Wildman–Crippen LogP) is 4.48. The molecule has 0 spiro atoms. The van der Waals surface area contributed by atoms with Gasteiger partial charge in [-0.25, -0.2) is 8.78 Å². The molecule has 0 aliphatic rings. The molecule has 2 aromatic carbocycles. The van der Waals surface area contributed by atoms with Crippen LogP contribution < -0.4 is 15.5 Å². The van der Waals surface area contributed by atoms with Crippen LogP contribution in [0.2, 0.25) is 0 Å². The van der Waals surface area contributed by atoms with Gasteiger partial charge in [0.1, 0.15) is 0 Å². The van der Waals surface area contributed by atoms with Crippen molar-refractivity contribution in [2.24, 2.45) is 0 Å². The molecular formula is C19H20F2N6. The highest BCUT2D eigenvalue weighted by molar-refractivity contribution is 5.61. The lowest BCUT2D eigenvalue weighted by molar-refractivity contribution is 0.509. The Kier molecular flexibility index (Phi) is 5.75. The van der Waals surface area contributed by atoms with Gasteiger partial charge in [0, 0.05) is 36.2 Å². The number of hydrogen-bond donors (Lipinski definition) is 2. The Morgan fingerprint density at radius 3 is 2.26 bits per heavy atom. The molecule has 3 rings (SSSR count). The second-order valence-corrected chi connectivity index (χ2v) is 5.76. The van der Waals surface area contributed by atoms with Crippen molar-refractivity contribution in [3.63, 3.8) is 0 Å². The van der Waals surface area contributed by atoms with E-state index in [1.807, 2.05) is 24.3 Å². The molecule has 6 nitrogen and oxygen atoms in total. The van der Waals surface area contributed by atoms with E-state index in [2.05, 4.69) is 44.6 Å². The smallest absolute Gasteiger partial charge is 0.249 e. The molecule has 1 aromatic heterocycles. The van der Waals surface area contributed by atoms with Gasteiger partial charge in [-0.3, -0.25) is 0 Å². The largest absolute Gasteiger partial charge is 0.372 e. The van der Waals surface area contributed by atoms with Gasteiger partial charge in [-0.2, -0.15) is 10.1 Å². The maximum Gasteiger partial charge on any atom is 0.249 e. The van der Waals surface area contributed by atoms with E-state index in [4.69, 9.17) is 0 Å². The van der Waals surface area contributed by atoms with E-state index in [0.29, 0.717) is 11.5 Å². The lowest BCUT2D eigenvalue weighted by atomic mass is 10.2. The Morgan fingerprint density at radius 1 is 0.889 bits per heavy atom. The zero-order chi connectivity index (χ0) is 19.2. The van der Waals surface area contributed by atoms with Crippen LogP contribution >= 0.6 is 0 Å². The second-order valence-electron chi connectivity index (χ2n) is 5.76. The molecular weight excluding hydrogens is 350 g/mol. The lowest BCUT2D eigenvalue weighted by Gasteiger charge is -2.21. The molecule has 0 unspecified atom stereocenters. The summed E-state index contributed by atoms with van der Waals surface area (Å²) in [6.07, 6.45) is 1.48. The minimum absolute atomic E-state index is 0.172. The van der Waals surface area contributed by atoms with E-state index in [9.17, 15) is 8.78 Å². The summed E-state index contributed by atoms with van der Waals surface area (Å²) in [7, 11) is 0. The number of aromatic nitrogens is 3. The molecule has 27 heavy (non-hydrogen) atoms. The van der Waals surface area contributed by atoms with Crippen LogP contribution in [0.1, 0.15) is 13.8 Å². The fraction of sp³-hybridized carbons (Fsp3) is 0.211. The monoisotopic (exact) mass is 370 g/mol. The third-order valence-corrected chi connectivity index (χ3v) is 4.00. The molecule has 0 aliphatic carbocycles. The number of halogens is 2. The molecule has 0 aliphatic heterocycles. The van der Waals surface area contributed by atoms with E-state index in [1.165, 1.54) is 12.3 Å². The standard InChI is InChI=1S/C19H20F2N6/c1-3-27(4-2)15-8-5-13(6-9-15)23-18-12-22-26-19(25-18)24-14-7-10-16(20)17(21)11-14/h5-12H,3-4H2,1-2H3,(H2,23,24,25,26). The first-order valence-electron chi connectivity index (χ1n) is 8.63. The van der Waals surface area contributed by atoms with Crippen molar-refractivity contribution in [1.29, 1.82) is 0 Å². The van der Waals surface area contributed by atoms with E-state index in [-0.39, 0.29) is 5.95 Å². The minimum atomic E-state index is -0.949. The van der Waals surface area contributed by atoms with Crippen molar-refractivity contribution >= 4 is 28.8 Å². The molecule has 0 bridgehead atoms. The van der Waals surface area contributed by atoms with Gasteiger partial charge in [-0.15, -0.1) is 5.10 Å². The average Bonchev–Trinajstić information content (AvgIpc) is 2.67. The normalized spacial score (nSPS) is 10.5. The van der Waals surface area contributed by atoms with Gasteiger partial charge >= 0.3 is 0 Å². The van der Waals surface area contributed by atoms with Crippen molar-refractivity contribution in [3.05, 3.63) is 60.3 Å². The summed E-state index contributed by atoms with van der Waals surface area (Å²) in [6.45, 7) is 6.11. The Bertz CT molecular complexity index is 897. The molecule has 0 saturated heterocycles. The van der Waals surface area contributed by atoms with Gasteiger partial charge in [-0.1, -0.05) is 0 Å². The highest BCUT2D eigenvalue weighted by atomic mass is 19.2. The van der Waals surface area contributed by atoms with Crippen LogP contribution in [0, 0.1) is 11.6 Å². The average molecular weight is 370 g/mol. The molecule has 0 saturated carbocycles. The van der Waals surface area contributed by atoms with E-state index >= 15 is 0 Å². The molecule has 140 valence electrons. The third kappa shape index (κ3) is 4.66. The number of benzene rings is 2. The van der Waals surface area contributed by atoms with E-state index < -0.39 is 11.6 Å². The van der Waals surface area contributed by atoms with Crippen molar-refractivity contribution in [2.75, 3.05) is 28.6 Å². The first-order chi connectivity index (χ1) is 13.1. The molecule has 8 heteroatoms. The first-order valence-corrected chi connectivity index (χ1v) is 8.63. The van der Waals surface area contributed by atoms with Crippen LogP contribution in [-0.2, 0) is 0 Å². The maximum absolute atomic E-state index is 13.3. The molecule has 0 radical (unpaired) electrons. The van der Waals surface area contributed by atoms with Crippen molar-refractivity contribution < 1.29 is 8.78 Å². The van der Waals surface area contributed by atoms with Crippen molar-refractivity contribution in [3.8, 4) is 0 Å². The zero-order valence-corrected chi connectivity index (χ0v) is 15.1. The van der Waals surface area contributed by atoms with Crippen molar-refractivity contribution in [2.45, 2.75) is 13.8 Å². The molecule has 1 heterocycles. The van der Waals surface area contributed by atoms with Crippen LogP contribution in [0.15, 0.2) is 48.7 Å². The molecule has 0 fully saturated rings. The Hall–Kier alpha value is -3.29. The van der Waals surface area contributed by atoms with Crippen LogP contribution in [0.3, 0.4) is 0 Å². The van der Waals surface area contributed by atoms with Crippen LogP contribution in [0.5, 0.6) is 0 Å². The predicted molar refractivity (Wildman–Crippen MR) is 103 cm³/mol. The number of nitrogens with zero attached hydrogens (tertiary/aromatic N) is 4. The van der Waals surface area contributed by atoms with Crippen LogP contribution in [-0.4, -0.2) is 28.3 Å². The number of nitrogens with one attached hydrogen (secondary N) is 2. The highest BCUT2D eigenvalue weighted by Gasteiger charge is 2.06. The third-order valence-electron chi connectivity index (χ3n) is 4.00. The minimum Gasteiger partial charge on any atom is -0.372 e. The van der Waals surface area contributed by atoms with Gasteiger partial charge in [0.25, 0.3) is 0 Å². The van der Waals surface area contributed by atoms with Gasteiger partial charge in [-0.05, 0) is 50.2 Å². The number of anilines is 5. The van der Waals surface area contributed by atoms with E-state index in [0.717, 1.165) is 36.6 Å². The Balaban J connectivity index is 1.71. The summed E-state index contributed by atoms with van der Waals surface area (Å²) in [4.78, 5) is 6.53. The highest BCUT2D eigenvalue weighted by Crippen LogP contribution is 2.21. The van der Waals surface area contributed by atoms with Gasteiger partial charge in [0.15, 0.2) is 17.5 Å². The summed E-state index contributed by atoms with van der Waals surface area (Å²) in [5, 5.41) is 13.7. The zero-order valence-electron chi connectivity index (χ0n) is 15.1. The molecule has 0 atom stereocenters. The topological polar surface area (TPSA) is 66.0 Å². The molecule has 3 aromatic rings. The Morgan fingerprint density at radius 2 is 1.59 bits per heavy atom. The number of hydrogen-bond acceptors (Lipinski definition) is 6. The van der Waals surface area contributed by atoms with Gasteiger partial charge < -0.3 is 15.5 Å². The lowest BCUT2D eigenvalue weighted by Crippen LogP contribution is -2.21. The summed E-state index contributed by atoms with van der Waals surface area (Å²) in [5.74, 6) is -1.21. The summed E-state index contributed by atoms with van der Waals surface area (Å²) in [5.41, 5.74) is 2.33. The van der Waals surface area contributed by atoms with Gasteiger partial charge in [0.2, 0.25) is 5.95 Å².